The molecule has 0 saturated carbocycles. The van der Waals surface area contributed by atoms with Crippen molar-refractivity contribution in [1.29, 1.82) is 0 Å². The molecule has 0 bridgehead atoms. The molecule has 0 spiro atoms. The molecule has 1 aliphatic heterocycles. The predicted molar refractivity (Wildman–Crippen MR) is 93.2 cm³/mol. The third kappa shape index (κ3) is 3.05. The highest BCUT2D eigenvalue weighted by molar-refractivity contribution is 5.81. The highest BCUT2D eigenvalue weighted by atomic mass is 16.2. The van der Waals surface area contributed by atoms with Crippen molar-refractivity contribution in [3.8, 4) is 0 Å². The maximum Gasteiger partial charge on any atom is 0.275 e. The fourth-order valence-electron chi connectivity index (χ4n) is 3.35. The summed E-state index contributed by atoms with van der Waals surface area (Å²) in [6, 6.07) is 7.29. The summed E-state index contributed by atoms with van der Waals surface area (Å²) < 4.78 is 3.30. The van der Waals surface area contributed by atoms with E-state index in [1.807, 2.05) is 25.3 Å². The van der Waals surface area contributed by atoms with E-state index in [0.717, 1.165) is 29.7 Å². The van der Waals surface area contributed by atoms with Crippen molar-refractivity contribution in [2.45, 2.75) is 38.9 Å². The van der Waals surface area contributed by atoms with E-state index in [-0.39, 0.29) is 24.1 Å². The Morgan fingerprint density at radius 3 is 3.08 bits per heavy atom. The lowest BCUT2D eigenvalue weighted by atomic mass is 10.1. The van der Waals surface area contributed by atoms with E-state index in [2.05, 4.69) is 20.0 Å². The van der Waals surface area contributed by atoms with E-state index < -0.39 is 0 Å². The van der Waals surface area contributed by atoms with Crippen LogP contribution in [0.1, 0.15) is 17.9 Å². The van der Waals surface area contributed by atoms with Crippen LogP contribution in [-0.4, -0.2) is 31.3 Å². The quantitative estimate of drug-likeness (QED) is 0.774. The Labute approximate surface area is 144 Å². The van der Waals surface area contributed by atoms with Gasteiger partial charge < -0.3 is 9.88 Å². The molecule has 1 aliphatic rings. The number of aryl methyl sites for hydroxylation is 2. The van der Waals surface area contributed by atoms with Gasteiger partial charge in [-0.05, 0) is 19.4 Å². The first kappa shape index (κ1) is 15.6. The van der Waals surface area contributed by atoms with Gasteiger partial charge in [0, 0.05) is 30.6 Å². The molecular formula is C18H19N5O2. The van der Waals surface area contributed by atoms with E-state index >= 15 is 0 Å². The molecule has 128 valence electrons. The number of nitrogens with one attached hydrogen (secondary N) is 1. The molecule has 3 heterocycles. The number of fused-ring (bicyclic) bond motifs is 2. The van der Waals surface area contributed by atoms with Crippen LogP contribution < -0.4 is 10.9 Å². The van der Waals surface area contributed by atoms with Crippen LogP contribution >= 0.6 is 0 Å². The molecule has 2 aromatic heterocycles. The van der Waals surface area contributed by atoms with E-state index in [9.17, 15) is 9.59 Å². The number of hydrogen-bond donors (Lipinski definition) is 1. The van der Waals surface area contributed by atoms with Gasteiger partial charge in [-0.2, -0.15) is 5.10 Å². The first-order chi connectivity index (χ1) is 12.1. The molecule has 4 rings (SSSR count). The van der Waals surface area contributed by atoms with E-state index in [4.69, 9.17) is 0 Å². The van der Waals surface area contributed by atoms with Crippen LogP contribution in [0, 0.1) is 6.92 Å². The first-order valence-corrected chi connectivity index (χ1v) is 8.37. The molecule has 7 heteroatoms. The van der Waals surface area contributed by atoms with Crippen LogP contribution in [-0.2, 0) is 24.3 Å². The second-order valence-corrected chi connectivity index (χ2v) is 6.45. The second-order valence-electron chi connectivity index (χ2n) is 6.45. The SMILES string of the molecule is Cc1cn2c(n1)CC[C@@H](NC(=O)Cn1ncc3ccccc3c1=O)C2. The van der Waals surface area contributed by atoms with Gasteiger partial charge in [0.25, 0.3) is 5.56 Å². The lowest BCUT2D eigenvalue weighted by Gasteiger charge is -2.24. The fraction of sp³-hybridized carbons (Fsp3) is 0.333. The average molecular weight is 337 g/mol. The van der Waals surface area contributed by atoms with E-state index in [1.165, 1.54) is 4.68 Å². The Morgan fingerprint density at radius 2 is 2.20 bits per heavy atom. The summed E-state index contributed by atoms with van der Waals surface area (Å²) in [6.07, 6.45) is 5.31. The number of aromatic nitrogens is 4. The molecule has 3 aromatic rings. The Morgan fingerprint density at radius 1 is 1.36 bits per heavy atom. The topological polar surface area (TPSA) is 81.8 Å². The minimum absolute atomic E-state index is 0.0461. The maximum absolute atomic E-state index is 12.4. The molecule has 25 heavy (non-hydrogen) atoms. The van der Waals surface area contributed by atoms with Crippen molar-refractivity contribution in [3.63, 3.8) is 0 Å². The third-order valence-electron chi connectivity index (χ3n) is 4.53. The van der Waals surface area contributed by atoms with E-state index in [0.29, 0.717) is 11.9 Å². The van der Waals surface area contributed by atoms with Gasteiger partial charge in [-0.1, -0.05) is 18.2 Å². The van der Waals surface area contributed by atoms with Crippen molar-refractivity contribution in [1.82, 2.24) is 24.6 Å². The van der Waals surface area contributed by atoms with Crippen LogP contribution in [0.25, 0.3) is 10.8 Å². The van der Waals surface area contributed by atoms with Crippen LogP contribution in [0.3, 0.4) is 0 Å². The number of carbonyl (C=O) groups excluding carboxylic acids is 1. The van der Waals surface area contributed by atoms with Gasteiger partial charge in [0.1, 0.15) is 12.4 Å². The molecule has 1 aromatic carbocycles. The number of imidazole rings is 1. The highest BCUT2D eigenvalue weighted by Crippen LogP contribution is 2.15. The number of carbonyl (C=O) groups is 1. The highest BCUT2D eigenvalue weighted by Gasteiger charge is 2.21. The summed E-state index contributed by atoms with van der Waals surface area (Å²) >= 11 is 0. The Bertz CT molecular complexity index is 1000. The van der Waals surface area contributed by atoms with Crippen LogP contribution in [0.15, 0.2) is 41.5 Å². The van der Waals surface area contributed by atoms with Crippen LogP contribution in [0.4, 0.5) is 0 Å². The number of benzene rings is 1. The summed E-state index contributed by atoms with van der Waals surface area (Å²) in [5, 5.41) is 8.46. The van der Waals surface area contributed by atoms with Gasteiger partial charge in [0.2, 0.25) is 5.91 Å². The standard InChI is InChI=1S/C18H19N5O2/c1-12-9-22-10-14(6-7-16(22)20-12)21-17(24)11-23-18(25)15-5-3-2-4-13(15)8-19-23/h2-5,8-9,14H,6-7,10-11H2,1H3,(H,21,24)/t14-/m1/s1. The van der Waals surface area contributed by atoms with Gasteiger partial charge in [0.15, 0.2) is 0 Å². The van der Waals surface area contributed by atoms with Crippen LogP contribution in [0.2, 0.25) is 0 Å². The minimum atomic E-state index is -0.246. The molecule has 0 fully saturated rings. The Kier molecular flexibility index (Phi) is 3.83. The molecule has 1 amide bonds. The lowest BCUT2D eigenvalue weighted by molar-refractivity contribution is -0.122. The van der Waals surface area contributed by atoms with Crippen molar-refractivity contribution < 1.29 is 4.79 Å². The van der Waals surface area contributed by atoms with Gasteiger partial charge in [-0.25, -0.2) is 9.67 Å². The maximum atomic E-state index is 12.4. The summed E-state index contributed by atoms with van der Waals surface area (Å²) in [7, 11) is 0. The van der Waals surface area contributed by atoms with Gasteiger partial charge >= 0.3 is 0 Å². The summed E-state index contributed by atoms with van der Waals surface area (Å²) in [5.41, 5.74) is 0.748. The number of hydrogen-bond acceptors (Lipinski definition) is 4. The van der Waals surface area contributed by atoms with Crippen LogP contribution in [0.5, 0.6) is 0 Å². The van der Waals surface area contributed by atoms with Crippen molar-refractivity contribution in [3.05, 3.63) is 58.5 Å². The van der Waals surface area contributed by atoms with Crippen molar-refractivity contribution in [2.75, 3.05) is 0 Å². The number of nitrogens with zero attached hydrogens (tertiary/aromatic N) is 4. The molecular weight excluding hydrogens is 318 g/mol. The molecule has 0 saturated heterocycles. The largest absolute Gasteiger partial charge is 0.350 e. The van der Waals surface area contributed by atoms with Crippen molar-refractivity contribution >= 4 is 16.7 Å². The Balaban J connectivity index is 1.46. The second kappa shape index (κ2) is 6.16. The minimum Gasteiger partial charge on any atom is -0.350 e. The number of rotatable bonds is 3. The normalized spacial score (nSPS) is 16.6. The summed E-state index contributed by atoms with van der Waals surface area (Å²) in [5.74, 6) is 0.866. The lowest BCUT2D eigenvalue weighted by Crippen LogP contribution is -2.43. The monoisotopic (exact) mass is 337 g/mol. The molecule has 0 unspecified atom stereocenters. The zero-order chi connectivity index (χ0) is 17.4. The molecule has 1 atom stereocenters. The van der Waals surface area contributed by atoms with Gasteiger partial charge in [-0.15, -0.1) is 0 Å². The first-order valence-electron chi connectivity index (χ1n) is 8.37. The summed E-state index contributed by atoms with van der Waals surface area (Å²) in [4.78, 5) is 29.2. The zero-order valence-electron chi connectivity index (χ0n) is 14.0. The average Bonchev–Trinajstić information content (AvgIpc) is 2.97. The molecule has 0 aliphatic carbocycles. The molecule has 1 N–H and O–H groups in total. The van der Waals surface area contributed by atoms with Gasteiger partial charge in [-0.3, -0.25) is 9.59 Å². The van der Waals surface area contributed by atoms with Crippen molar-refractivity contribution in [2.24, 2.45) is 0 Å². The molecule has 7 nitrogen and oxygen atoms in total. The number of amides is 1. The fourth-order valence-corrected chi connectivity index (χ4v) is 3.35. The molecule has 0 radical (unpaired) electrons. The third-order valence-corrected chi connectivity index (χ3v) is 4.53. The smallest absolute Gasteiger partial charge is 0.275 e. The predicted octanol–water partition coefficient (Wildman–Crippen LogP) is 1.03. The summed E-state index contributed by atoms with van der Waals surface area (Å²) in [6.45, 7) is 2.61. The Hall–Kier alpha value is -2.96. The zero-order valence-corrected chi connectivity index (χ0v) is 14.0. The van der Waals surface area contributed by atoms with Gasteiger partial charge in [0.05, 0.1) is 17.3 Å². The van der Waals surface area contributed by atoms with E-state index in [1.54, 1.807) is 18.3 Å².